The Labute approximate surface area is 218 Å². The van der Waals surface area contributed by atoms with Gasteiger partial charge in [-0.25, -0.2) is 4.79 Å². The molecule has 1 aliphatic heterocycles. The smallest absolute Gasteiger partial charge is 0.326 e. The summed E-state index contributed by atoms with van der Waals surface area (Å²) in [7, 11) is 4.75. The summed E-state index contributed by atoms with van der Waals surface area (Å²) in [6.45, 7) is 3.77. The average Bonchev–Trinajstić information content (AvgIpc) is 2.91. The largest absolute Gasteiger partial charge is 0.493 e. The fourth-order valence-corrected chi connectivity index (χ4v) is 4.72. The van der Waals surface area contributed by atoms with Crippen molar-refractivity contribution in [2.75, 3.05) is 20.8 Å². The Morgan fingerprint density at radius 1 is 1.11 bits per heavy atom. The normalized spacial score (nSPS) is 16.5. The van der Waals surface area contributed by atoms with Crippen molar-refractivity contribution < 1.29 is 33.7 Å². The number of benzene rings is 2. The van der Waals surface area contributed by atoms with Crippen LogP contribution in [0.1, 0.15) is 37.0 Å². The van der Waals surface area contributed by atoms with E-state index in [1.807, 2.05) is 30.3 Å². The van der Waals surface area contributed by atoms with Crippen LogP contribution in [0, 0.1) is 0 Å². The number of rotatable bonds is 11. The minimum Gasteiger partial charge on any atom is -0.493 e. The number of carbonyl (C=O) groups is 3. The van der Waals surface area contributed by atoms with Gasteiger partial charge in [0.1, 0.15) is 6.04 Å². The Morgan fingerprint density at radius 2 is 1.73 bits per heavy atom. The lowest BCUT2D eigenvalue weighted by Crippen LogP contribution is -2.57. The number of carbonyl (C=O) groups excluding carboxylic acids is 2. The highest BCUT2D eigenvalue weighted by Crippen LogP contribution is 2.35. The van der Waals surface area contributed by atoms with Crippen LogP contribution in [0.4, 0.5) is 0 Å². The minimum atomic E-state index is -1.09. The van der Waals surface area contributed by atoms with E-state index in [-0.39, 0.29) is 25.5 Å². The molecule has 1 heterocycles. The number of nitrogens with zero attached hydrogens (tertiary/aromatic N) is 2. The number of aliphatic carboxylic acids is 1. The second kappa shape index (κ2) is 12.6. The van der Waals surface area contributed by atoms with Crippen molar-refractivity contribution in [3.8, 4) is 11.5 Å². The first-order valence-corrected chi connectivity index (χ1v) is 12.4. The lowest BCUT2D eigenvalue weighted by molar-refractivity contribution is -0.155. The number of hydrogen-bond donors (Lipinski definition) is 1. The molecule has 0 bridgehead atoms. The van der Waals surface area contributed by atoms with Gasteiger partial charge in [-0.05, 0) is 55.5 Å². The van der Waals surface area contributed by atoms with Gasteiger partial charge in [-0.3, -0.25) is 9.59 Å². The number of ether oxygens (including phenoxy) is 3. The molecule has 1 aliphatic rings. The summed E-state index contributed by atoms with van der Waals surface area (Å²) < 4.78 is 16.1. The summed E-state index contributed by atoms with van der Waals surface area (Å²) in [6.07, 6.45) is 1.23. The van der Waals surface area contributed by atoms with Crippen LogP contribution in [0.5, 0.6) is 11.5 Å². The molecule has 0 spiro atoms. The number of carboxylic acid groups (broad SMARTS) is 1. The van der Waals surface area contributed by atoms with Crippen molar-refractivity contribution in [1.82, 2.24) is 9.71 Å². The summed E-state index contributed by atoms with van der Waals surface area (Å²) in [6, 6.07) is 10.9. The van der Waals surface area contributed by atoms with Crippen LogP contribution in [0.2, 0.25) is 0 Å². The number of aryl methyl sites for hydroxylation is 1. The molecule has 3 atom stereocenters. The third-order valence-corrected chi connectivity index (χ3v) is 6.97. The zero-order chi connectivity index (χ0) is 27.1. The van der Waals surface area contributed by atoms with Gasteiger partial charge in [-0.15, -0.1) is 0 Å². The molecule has 0 aromatic heterocycles. The molecule has 0 saturated carbocycles. The second-order valence-corrected chi connectivity index (χ2v) is 9.13. The molecule has 0 radical (unpaired) electrons. The zero-order valence-electron chi connectivity index (χ0n) is 22.1. The summed E-state index contributed by atoms with van der Waals surface area (Å²) in [5, 5.41) is 9.97. The molecule has 2 aromatic rings. The van der Waals surface area contributed by atoms with Crippen LogP contribution in [0.15, 0.2) is 42.5 Å². The molecule has 0 aliphatic carbocycles. The van der Waals surface area contributed by atoms with E-state index < -0.39 is 30.1 Å². The molecular formula is C27H35BN2O7. The average molecular weight is 510 g/mol. The summed E-state index contributed by atoms with van der Waals surface area (Å²) in [5.41, 5.74) is 2.67. The van der Waals surface area contributed by atoms with E-state index in [2.05, 4.69) is 0 Å². The first-order chi connectivity index (χ1) is 17.7. The van der Waals surface area contributed by atoms with Crippen molar-refractivity contribution in [3.63, 3.8) is 0 Å². The number of amides is 1. The molecular weight excluding hydrogens is 475 g/mol. The SMILES string of the molecule is BN([C@@H](C)C(=O)N1Cc2cc(OC)c(OC)cc2C[C@H]1C(=O)O)[C@@H](CCc1ccccc1)C(=O)OCC. The van der Waals surface area contributed by atoms with Gasteiger partial charge in [0, 0.05) is 13.0 Å². The van der Waals surface area contributed by atoms with E-state index in [1.54, 1.807) is 38.8 Å². The number of carboxylic acids is 1. The molecule has 2 aromatic carbocycles. The Bertz CT molecular complexity index is 1110. The predicted octanol–water partition coefficient (Wildman–Crippen LogP) is 1.84. The maximum atomic E-state index is 13.7. The van der Waals surface area contributed by atoms with E-state index in [0.29, 0.717) is 24.3 Å². The minimum absolute atomic E-state index is 0.109. The summed E-state index contributed by atoms with van der Waals surface area (Å²) in [4.78, 5) is 41.8. The van der Waals surface area contributed by atoms with Crippen LogP contribution in [0.3, 0.4) is 0 Å². The second-order valence-electron chi connectivity index (χ2n) is 9.13. The molecule has 1 N–H and O–H groups in total. The number of hydrogen-bond acceptors (Lipinski definition) is 7. The van der Waals surface area contributed by atoms with Crippen LogP contribution >= 0.6 is 0 Å². The van der Waals surface area contributed by atoms with Crippen molar-refractivity contribution >= 4 is 25.8 Å². The topological polar surface area (TPSA) is 106 Å². The highest BCUT2D eigenvalue weighted by molar-refractivity contribution is 6.09. The van der Waals surface area contributed by atoms with Gasteiger partial charge in [0.15, 0.2) is 19.5 Å². The van der Waals surface area contributed by atoms with Crippen molar-refractivity contribution in [2.45, 2.75) is 57.8 Å². The lowest BCUT2D eigenvalue weighted by Gasteiger charge is -2.39. The molecule has 3 rings (SSSR count). The quantitative estimate of drug-likeness (QED) is 0.361. The van der Waals surface area contributed by atoms with Gasteiger partial charge >= 0.3 is 11.9 Å². The highest BCUT2D eigenvalue weighted by atomic mass is 16.5. The third kappa shape index (κ3) is 6.43. The molecule has 10 heteroatoms. The van der Waals surface area contributed by atoms with Gasteiger partial charge in [-0.2, -0.15) is 0 Å². The number of esters is 1. The maximum Gasteiger partial charge on any atom is 0.326 e. The van der Waals surface area contributed by atoms with E-state index in [4.69, 9.17) is 14.2 Å². The highest BCUT2D eigenvalue weighted by Gasteiger charge is 2.39. The van der Waals surface area contributed by atoms with E-state index >= 15 is 0 Å². The first kappa shape index (κ1) is 28.1. The van der Waals surface area contributed by atoms with Crippen molar-refractivity contribution in [2.24, 2.45) is 0 Å². The first-order valence-electron chi connectivity index (χ1n) is 12.4. The van der Waals surface area contributed by atoms with E-state index in [1.165, 1.54) is 19.1 Å². The van der Waals surface area contributed by atoms with Gasteiger partial charge in [-0.1, -0.05) is 30.3 Å². The molecule has 9 nitrogen and oxygen atoms in total. The van der Waals surface area contributed by atoms with E-state index in [0.717, 1.165) is 16.7 Å². The van der Waals surface area contributed by atoms with Gasteiger partial charge in [0.25, 0.3) is 0 Å². The summed E-state index contributed by atoms with van der Waals surface area (Å²) in [5.74, 6) is -0.847. The standard InChI is InChI=1S/C27H35BN2O7/c1-5-37-27(34)21(12-11-18-9-7-6-8-10-18)30(28)17(2)25(31)29-16-20-15-24(36-4)23(35-3)14-19(20)13-22(29)26(32)33/h6-10,14-15,17,21-22H,5,11-13,16,28H2,1-4H3,(H,32,33)/t17-,21-,22-/m0/s1. The number of fused-ring (bicyclic) bond motifs is 1. The Morgan fingerprint density at radius 3 is 2.30 bits per heavy atom. The molecule has 0 fully saturated rings. The summed E-state index contributed by atoms with van der Waals surface area (Å²) >= 11 is 0. The lowest BCUT2D eigenvalue weighted by atomic mass is 9.92. The van der Waals surface area contributed by atoms with Crippen LogP contribution in [0.25, 0.3) is 0 Å². The Hall–Kier alpha value is -3.53. The third-order valence-electron chi connectivity index (χ3n) is 6.97. The Kier molecular flexibility index (Phi) is 9.57. The van der Waals surface area contributed by atoms with Crippen molar-refractivity contribution in [1.29, 1.82) is 0 Å². The van der Waals surface area contributed by atoms with Gasteiger partial charge in [0.2, 0.25) is 5.91 Å². The molecule has 37 heavy (non-hydrogen) atoms. The molecule has 1 amide bonds. The van der Waals surface area contributed by atoms with Crippen LogP contribution < -0.4 is 9.47 Å². The van der Waals surface area contributed by atoms with Crippen LogP contribution in [-0.4, -0.2) is 79.6 Å². The van der Waals surface area contributed by atoms with Gasteiger partial charge < -0.3 is 29.0 Å². The Balaban J connectivity index is 1.84. The molecule has 0 unspecified atom stereocenters. The van der Waals surface area contributed by atoms with Crippen molar-refractivity contribution in [3.05, 3.63) is 59.2 Å². The predicted molar refractivity (Wildman–Crippen MR) is 140 cm³/mol. The van der Waals surface area contributed by atoms with Gasteiger partial charge in [0.05, 0.1) is 32.9 Å². The zero-order valence-corrected chi connectivity index (χ0v) is 22.1. The van der Waals surface area contributed by atoms with Crippen LogP contribution in [-0.2, 0) is 38.5 Å². The monoisotopic (exact) mass is 510 g/mol. The fourth-order valence-electron chi connectivity index (χ4n) is 4.72. The van der Waals surface area contributed by atoms with E-state index in [9.17, 15) is 19.5 Å². The molecule has 198 valence electrons. The molecule has 0 saturated heterocycles. The fraction of sp³-hybridized carbons (Fsp3) is 0.444. The number of methoxy groups -OCH3 is 2. The maximum absolute atomic E-state index is 13.7.